The Morgan fingerprint density at radius 3 is 2.75 bits per heavy atom. The second-order valence-electron chi connectivity index (χ2n) is 5.24. The van der Waals surface area contributed by atoms with E-state index < -0.39 is 0 Å². The molecule has 2 aromatic heterocycles. The fourth-order valence-electron chi connectivity index (χ4n) is 2.53. The second-order valence-corrected chi connectivity index (χ2v) is 5.24. The molecule has 3 heterocycles. The van der Waals surface area contributed by atoms with Gasteiger partial charge < -0.3 is 4.90 Å². The van der Waals surface area contributed by atoms with E-state index in [1.54, 1.807) is 6.20 Å². The summed E-state index contributed by atoms with van der Waals surface area (Å²) in [5, 5.41) is 16.4. The van der Waals surface area contributed by atoms with Crippen LogP contribution in [0.3, 0.4) is 0 Å². The number of nitrogens with zero attached hydrogens (tertiary/aromatic N) is 7. The van der Waals surface area contributed by atoms with Gasteiger partial charge in [-0.2, -0.15) is 5.10 Å². The maximum absolute atomic E-state index is 4.54. The Morgan fingerprint density at radius 1 is 1.10 bits per heavy atom. The molecule has 7 heteroatoms. The smallest absolute Gasteiger partial charge is 0.245 e. The largest absolute Gasteiger partial charge is 0.339 e. The van der Waals surface area contributed by atoms with Crippen LogP contribution in [0.2, 0.25) is 0 Å². The second kappa shape index (κ2) is 5.52. The molecule has 7 nitrogen and oxygen atoms in total. The maximum atomic E-state index is 4.54. The van der Waals surface area contributed by atoms with Crippen LogP contribution in [0.4, 0.5) is 5.95 Å². The molecular formula is C13H19N7. The molecule has 20 heavy (non-hydrogen) atoms. The van der Waals surface area contributed by atoms with Gasteiger partial charge in [0.2, 0.25) is 5.95 Å². The lowest BCUT2D eigenvalue weighted by molar-refractivity contribution is 0.406. The molecule has 1 unspecified atom stereocenters. The molecule has 106 valence electrons. The zero-order valence-electron chi connectivity index (χ0n) is 11.9. The van der Waals surface area contributed by atoms with Crippen molar-refractivity contribution in [3.8, 4) is 0 Å². The number of hydrogen-bond acceptors (Lipinski definition) is 6. The van der Waals surface area contributed by atoms with Gasteiger partial charge in [0.05, 0.1) is 23.6 Å². The average Bonchev–Trinajstić information content (AvgIpc) is 2.87. The van der Waals surface area contributed by atoms with Gasteiger partial charge in [0.1, 0.15) is 0 Å². The van der Waals surface area contributed by atoms with Crippen LogP contribution in [-0.4, -0.2) is 43.3 Å². The lowest BCUT2D eigenvalue weighted by Crippen LogP contribution is -2.27. The van der Waals surface area contributed by atoms with Crippen molar-refractivity contribution in [2.45, 2.75) is 39.2 Å². The molecule has 0 aromatic carbocycles. The van der Waals surface area contributed by atoms with E-state index in [-0.39, 0.29) is 0 Å². The Labute approximate surface area is 118 Å². The van der Waals surface area contributed by atoms with Crippen molar-refractivity contribution in [1.29, 1.82) is 0 Å². The lowest BCUT2D eigenvalue weighted by Gasteiger charge is -2.20. The van der Waals surface area contributed by atoms with Gasteiger partial charge in [0.15, 0.2) is 0 Å². The summed E-state index contributed by atoms with van der Waals surface area (Å²) in [5.74, 6) is 0.743. The molecule has 1 aliphatic rings. The first-order chi connectivity index (χ1) is 9.74. The van der Waals surface area contributed by atoms with Crippen LogP contribution in [0.25, 0.3) is 0 Å². The van der Waals surface area contributed by atoms with Crippen LogP contribution in [0.5, 0.6) is 0 Å². The van der Waals surface area contributed by atoms with E-state index in [1.165, 1.54) is 0 Å². The molecule has 0 radical (unpaired) electrons. The van der Waals surface area contributed by atoms with Crippen LogP contribution in [0.1, 0.15) is 36.7 Å². The Balaban J connectivity index is 1.72. The van der Waals surface area contributed by atoms with Crippen LogP contribution < -0.4 is 4.90 Å². The molecule has 0 saturated carbocycles. The predicted molar refractivity (Wildman–Crippen MR) is 74.4 cm³/mol. The summed E-state index contributed by atoms with van der Waals surface area (Å²) in [5.41, 5.74) is 1.84. The fraction of sp³-hybridized carbons (Fsp3) is 0.615. The summed E-state index contributed by atoms with van der Waals surface area (Å²) in [7, 11) is 0. The minimum atomic E-state index is 0.419. The van der Waals surface area contributed by atoms with Crippen molar-refractivity contribution in [3.05, 3.63) is 23.8 Å². The Morgan fingerprint density at radius 2 is 2.00 bits per heavy atom. The molecule has 1 saturated heterocycles. The van der Waals surface area contributed by atoms with Crippen LogP contribution >= 0.6 is 0 Å². The van der Waals surface area contributed by atoms with Gasteiger partial charge in [-0.05, 0) is 33.1 Å². The summed E-state index contributed by atoms with van der Waals surface area (Å²) < 4.78 is 1.96. The summed E-state index contributed by atoms with van der Waals surface area (Å²) in [6.07, 6.45) is 6.91. The van der Waals surface area contributed by atoms with E-state index >= 15 is 0 Å². The van der Waals surface area contributed by atoms with E-state index in [2.05, 4.69) is 30.4 Å². The monoisotopic (exact) mass is 273 g/mol. The predicted octanol–water partition coefficient (Wildman–Crippen LogP) is 1.31. The zero-order valence-corrected chi connectivity index (χ0v) is 11.9. The minimum absolute atomic E-state index is 0.419. The van der Waals surface area contributed by atoms with Crippen molar-refractivity contribution >= 4 is 5.95 Å². The highest BCUT2D eigenvalue weighted by Crippen LogP contribution is 2.23. The Kier molecular flexibility index (Phi) is 3.58. The summed E-state index contributed by atoms with van der Waals surface area (Å²) in [4.78, 5) is 6.76. The molecule has 1 aliphatic heterocycles. The maximum Gasteiger partial charge on any atom is 0.245 e. The normalized spacial score (nSPS) is 19.9. The van der Waals surface area contributed by atoms with Gasteiger partial charge in [-0.1, -0.05) is 5.21 Å². The van der Waals surface area contributed by atoms with Crippen molar-refractivity contribution in [2.75, 3.05) is 18.0 Å². The summed E-state index contributed by atoms with van der Waals surface area (Å²) in [6, 6.07) is 0.419. The van der Waals surface area contributed by atoms with Gasteiger partial charge >= 0.3 is 0 Å². The minimum Gasteiger partial charge on any atom is -0.339 e. The lowest BCUT2D eigenvalue weighted by atomic mass is 10.1. The highest BCUT2D eigenvalue weighted by molar-refractivity contribution is 5.29. The topological polar surface area (TPSA) is 72.6 Å². The van der Waals surface area contributed by atoms with Gasteiger partial charge in [-0.3, -0.25) is 0 Å². The molecular weight excluding hydrogens is 254 g/mol. The number of aromatic nitrogens is 6. The third-order valence-electron chi connectivity index (χ3n) is 3.88. The summed E-state index contributed by atoms with van der Waals surface area (Å²) >= 11 is 0. The van der Waals surface area contributed by atoms with Crippen LogP contribution in [0, 0.1) is 13.8 Å². The number of anilines is 1. The van der Waals surface area contributed by atoms with Crippen LogP contribution in [0.15, 0.2) is 12.4 Å². The third-order valence-corrected chi connectivity index (χ3v) is 3.88. The average molecular weight is 273 g/mol. The highest BCUT2D eigenvalue weighted by atomic mass is 15.4. The number of rotatable bonds is 2. The van der Waals surface area contributed by atoms with E-state index in [0.717, 1.165) is 49.7 Å². The molecule has 2 aromatic rings. The van der Waals surface area contributed by atoms with E-state index in [1.807, 2.05) is 24.7 Å². The standard InChI is InChI=1S/C13H19N7/c1-10-11(2)16-17-13(15-10)19-7-3-4-12(5-8-19)20-9-6-14-18-20/h6,9,12H,3-5,7-8H2,1-2H3. The highest BCUT2D eigenvalue weighted by Gasteiger charge is 2.20. The van der Waals surface area contributed by atoms with Crippen molar-refractivity contribution in [2.24, 2.45) is 0 Å². The molecule has 0 spiro atoms. The van der Waals surface area contributed by atoms with E-state index in [0.29, 0.717) is 6.04 Å². The first-order valence-electron chi connectivity index (χ1n) is 7.02. The van der Waals surface area contributed by atoms with Crippen LogP contribution in [-0.2, 0) is 0 Å². The van der Waals surface area contributed by atoms with Gasteiger partial charge in [-0.25, -0.2) is 9.67 Å². The number of aryl methyl sites for hydroxylation is 2. The molecule has 0 aliphatic carbocycles. The van der Waals surface area contributed by atoms with Gasteiger partial charge in [-0.15, -0.1) is 10.2 Å². The molecule has 0 bridgehead atoms. The molecule has 3 rings (SSSR count). The third kappa shape index (κ3) is 2.61. The van der Waals surface area contributed by atoms with Crippen molar-refractivity contribution in [1.82, 2.24) is 30.2 Å². The quantitative estimate of drug-likeness (QED) is 0.821. The summed E-state index contributed by atoms with van der Waals surface area (Å²) in [6.45, 7) is 5.80. The molecule has 1 atom stereocenters. The molecule has 1 fully saturated rings. The van der Waals surface area contributed by atoms with E-state index in [4.69, 9.17) is 0 Å². The van der Waals surface area contributed by atoms with E-state index in [9.17, 15) is 0 Å². The molecule has 0 N–H and O–H groups in total. The van der Waals surface area contributed by atoms with Gasteiger partial charge in [0.25, 0.3) is 0 Å². The first kappa shape index (κ1) is 13.0. The SMILES string of the molecule is Cc1nnc(N2CCCC(n3ccnn3)CC2)nc1C. The fourth-order valence-corrected chi connectivity index (χ4v) is 2.53. The molecule has 0 amide bonds. The van der Waals surface area contributed by atoms with Crippen molar-refractivity contribution < 1.29 is 0 Å². The Bertz CT molecular complexity index is 566. The van der Waals surface area contributed by atoms with Gasteiger partial charge in [0, 0.05) is 19.3 Å². The Hall–Kier alpha value is -2.05. The number of hydrogen-bond donors (Lipinski definition) is 0. The first-order valence-corrected chi connectivity index (χ1v) is 7.02. The zero-order chi connectivity index (χ0) is 13.9. The van der Waals surface area contributed by atoms with Crippen molar-refractivity contribution in [3.63, 3.8) is 0 Å².